The first-order valence-corrected chi connectivity index (χ1v) is 8.47. The van der Waals surface area contributed by atoms with Crippen molar-refractivity contribution in [1.29, 1.82) is 0 Å². The molecule has 0 bridgehead atoms. The van der Waals surface area contributed by atoms with E-state index in [2.05, 4.69) is 6.58 Å². The van der Waals surface area contributed by atoms with Gasteiger partial charge in [-0.25, -0.2) is 9.48 Å². The van der Waals surface area contributed by atoms with Gasteiger partial charge in [-0.15, -0.1) is 0 Å². The molecule has 1 aromatic heterocycles. The second-order valence-electron chi connectivity index (χ2n) is 5.70. The Morgan fingerprint density at radius 2 is 2.12 bits per heavy atom. The van der Waals surface area contributed by atoms with Gasteiger partial charge in [0.1, 0.15) is 12.4 Å². The molecule has 134 valence electrons. The zero-order valence-corrected chi connectivity index (χ0v) is 15.1. The first-order valence-electron chi connectivity index (χ1n) is 8.09. The van der Waals surface area contributed by atoms with Crippen LogP contribution in [0.15, 0.2) is 41.7 Å². The summed E-state index contributed by atoms with van der Waals surface area (Å²) >= 11 is 6.23. The molecular weight excluding hydrogens is 342 g/mol. The third-order valence-electron chi connectivity index (χ3n) is 3.89. The Kier molecular flexibility index (Phi) is 6.09. The Morgan fingerprint density at radius 3 is 2.72 bits per heavy atom. The number of halogens is 1. The smallest absolute Gasteiger partial charge is 0.435 e. The number of carbonyl (C=O) groups excluding carboxylic acids is 1. The van der Waals surface area contributed by atoms with Crippen molar-refractivity contribution < 1.29 is 9.53 Å². The molecular formula is C18H22ClN3O3. The van der Waals surface area contributed by atoms with Crippen LogP contribution in [-0.4, -0.2) is 22.1 Å². The lowest BCUT2D eigenvalue weighted by Gasteiger charge is -2.17. The summed E-state index contributed by atoms with van der Waals surface area (Å²) in [6, 6.07) is 6.66. The van der Waals surface area contributed by atoms with Crippen molar-refractivity contribution in [1.82, 2.24) is 9.36 Å². The fraction of sp³-hybridized carbons (Fsp3) is 0.333. The van der Waals surface area contributed by atoms with Gasteiger partial charge >= 0.3 is 6.09 Å². The van der Waals surface area contributed by atoms with Crippen molar-refractivity contribution in [3.8, 4) is 11.1 Å². The highest BCUT2D eigenvalue weighted by molar-refractivity contribution is 6.33. The SMILES string of the molecule is C=CCOC(=O)n1c(N)c(-c2ccccc2Cl)c(=O)n1C(C)CCC. The van der Waals surface area contributed by atoms with E-state index in [4.69, 9.17) is 22.1 Å². The molecule has 1 heterocycles. The van der Waals surface area contributed by atoms with Crippen LogP contribution in [0.3, 0.4) is 0 Å². The minimum Gasteiger partial charge on any atom is -0.444 e. The van der Waals surface area contributed by atoms with Crippen LogP contribution in [0, 0.1) is 0 Å². The number of ether oxygens (including phenoxy) is 1. The highest BCUT2D eigenvalue weighted by Crippen LogP contribution is 2.31. The largest absolute Gasteiger partial charge is 0.444 e. The van der Waals surface area contributed by atoms with Gasteiger partial charge in [0.2, 0.25) is 0 Å². The lowest BCUT2D eigenvalue weighted by atomic mass is 10.1. The van der Waals surface area contributed by atoms with Crippen LogP contribution >= 0.6 is 11.6 Å². The Morgan fingerprint density at radius 1 is 1.44 bits per heavy atom. The number of nitrogens with two attached hydrogens (primary N) is 1. The number of hydrogen-bond donors (Lipinski definition) is 1. The molecule has 2 rings (SSSR count). The Bertz CT molecular complexity index is 839. The van der Waals surface area contributed by atoms with Crippen LogP contribution in [-0.2, 0) is 4.74 Å². The zero-order valence-electron chi connectivity index (χ0n) is 14.4. The van der Waals surface area contributed by atoms with Crippen LogP contribution in [0.5, 0.6) is 0 Å². The van der Waals surface area contributed by atoms with Crippen molar-refractivity contribution in [3.63, 3.8) is 0 Å². The maximum atomic E-state index is 13.0. The molecule has 0 fully saturated rings. The van der Waals surface area contributed by atoms with Crippen LogP contribution in [0.4, 0.5) is 10.6 Å². The summed E-state index contributed by atoms with van der Waals surface area (Å²) in [7, 11) is 0. The van der Waals surface area contributed by atoms with Crippen LogP contribution in [0.2, 0.25) is 5.02 Å². The van der Waals surface area contributed by atoms with Crippen molar-refractivity contribution in [3.05, 3.63) is 52.3 Å². The maximum absolute atomic E-state index is 13.0. The predicted octanol–water partition coefficient (Wildman–Crippen LogP) is 4.08. The number of rotatable bonds is 6. The number of anilines is 1. The monoisotopic (exact) mass is 363 g/mol. The molecule has 1 aromatic carbocycles. The van der Waals surface area contributed by atoms with Crippen molar-refractivity contribution in [2.24, 2.45) is 0 Å². The van der Waals surface area contributed by atoms with E-state index in [1.165, 1.54) is 10.8 Å². The van der Waals surface area contributed by atoms with Crippen molar-refractivity contribution in [2.75, 3.05) is 12.3 Å². The summed E-state index contributed by atoms with van der Waals surface area (Å²) in [5.41, 5.74) is 6.48. The summed E-state index contributed by atoms with van der Waals surface area (Å²) in [5, 5.41) is 0.387. The van der Waals surface area contributed by atoms with E-state index >= 15 is 0 Å². The molecule has 0 aliphatic carbocycles. The minimum atomic E-state index is -0.726. The maximum Gasteiger partial charge on any atom is 0.435 e. The van der Waals surface area contributed by atoms with Gasteiger partial charge in [-0.2, -0.15) is 4.68 Å². The van der Waals surface area contributed by atoms with Gasteiger partial charge in [-0.3, -0.25) is 4.79 Å². The van der Waals surface area contributed by atoms with Crippen LogP contribution in [0.25, 0.3) is 11.1 Å². The summed E-state index contributed by atoms with van der Waals surface area (Å²) in [6.45, 7) is 7.40. The Labute approximate surface area is 151 Å². The van der Waals surface area contributed by atoms with E-state index in [9.17, 15) is 9.59 Å². The number of benzene rings is 1. The van der Waals surface area contributed by atoms with Gasteiger partial charge in [0.25, 0.3) is 5.56 Å². The Hall–Kier alpha value is -2.47. The van der Waals surface area contributed by atoms with E-state index in [0.29, 0.717) is 17.0 Å². The molecule has 0 aliphatic heterocycles. The van der Waals surface area contributed by atoms with Gasteiger partial charge in [-0.05, 0) is 19.4 Å². The van der Waals surface area contributed by atoms with Gasteiger partial charge in [0.15, 0.2) is 0 Å². The van der Waals surface area contributed by atoms with E-state index in [-0.39, 0.29) is 29.6 Å². The van der Waals surface area contributed by atoms with E-state index in [1.54, 1.807) is 24.3 Å². The van der Waals surface area contributed by atoms with Gasteiger partial charge < -0.3 is 10.5 Å². The molecule has 0 aliphatic rings. The van der Waals surface area contributed by atoms with Gasteiger partial charge in [0, 0.05) is 10.6 Å². The molecule has 1 unspecified atom stereocenters. The first-order chi connectivity index (χ1) is 11.9. The average Bonchev–Trinajstić information content (AvgIpc) is 2.84. The topological polar surface area (TPSA) is 79.2 Å². The summed E-state index contributed by atoms with van der Waals surface area (Å²) in [5.74, 6) is 0.00937. The fourth-order valence-corrected chi connectivity index (χ4v) is 3.00. The molecule has 0 spiro atoms. The van der Waals surface area contributed by atoms with Gasteiger partial charge in [0.05, 0.1) is 11.6 Å². The highest BCUT2D eigenvalue weighted by Gasteiger charge is 2.27. The standard InChI is InChI=1S/C18H22ClN3O3/c1-4-8-12(3)21-17(23)15(13-9-6-7-10-14(13)19)16(20)22(21)18(24)25-11-5-2/h5-7,9-10,12H,2,4,8,11,20H2,1,3H3. The first kappa shape index (κ1) is 18.9. The predicted molar refractivity (Wildman–Crippen MR) is 100 cm³/mol. The lowest BCUT2D eigenvalue weighted by Crippen LogP contribution is -2.31. The van der Waals surface area contributed by atoms with Crippen molar-refractivity contribution in [2.45, 2.75) is 32.7 Å². The molecule has 0 radical (unpaired) electrons. The summed E-state index contributed by atoms with van der Waals surface area (Å²) in [6.07, 6.45) is 2.28. The molecule has 0 amide bonds. The van der Waals surface area contributed by atoms with E-state index in [0.717, 1.165) is 11.1 Å². The second-order valence-corrected chi connectivity index (χ2v) is 6.11. The highest BCUT2D eigenvalue weighted by atomic mass is 35.5. The summed E-state index contributed by atoms with van der Waals surface area (Å²) < 4.78 is 7.52. The Balaban J connectivity index is 2.71. The lowest BCUT2D eigenvalue weighted by molar-refractivity contribution is 0.149. The molecule has 25 heavy (non-hydrogen) atoms. The number of nitrogen functional groups attached to an aromatic ring is 1. The quantitative estimate of drug-likeness (QED) is 0.784. The molecule has 0 saturated heterocycles. The number of nitrogens with zero attached hydrogens (tertiary/aromatic N) is 2. The van der Waals surface area contributed by atoms with Crippen molar-refractivity contribution >= 4 is 23.5 Å². The van der Waals surface area contributed by atoms with Gasteiger partial charge in [-0.1, -0.05) is 55.8 Å². The number of aromatic nitrogens is 2. The minimum absolute atomic E-state index is 0.00937. The second kappa shape index (κ2) is 8.07. The molecule has 2 N–H and O–H groups in total. The van der Waals surface area contributed by atoms with Crippen LogP contribution < -0.4 is 11.3 Å². The molecule has 6 nitrogen and oxygen atoms in total. The average molecular weight is 364 g/mol. The third-order valence-corrected chi connectivity index (χ3v) is 4.22. The zero-order chi connectivity index (χ0) is 18.6. The normalized spacial score (nSPS) is 12.0. The molecule has 0 saturated carbocycles. The molecule has 7 heteroatoms. The number of hydrogen-bond acceptors (Lipinski definition) is 4. The fourth-order valence-electron chi connectivity index (χ4n) is 2.77. The molecule has 2 aromatic rings. The van der Waals surface area contributed by atoms with E-state index < -0.39 is 6.09 Å². The van der Waals surface area contributed by atoms with E-state index in [1.807, 2.05) is 13.8 Å². The molecule has 1 atom stereocenters. The van der Waals surface area contributed by atoms with Crippen LogP contribution in [0.1, 0.15) is 32.7 Å². The summed E-state index contributed by atoms with van der Waals surface area (Å²) in [4.78, 5) is 25.5. The number of carbonyl (C=O) groups is 1. The third kappa shape index (κ3) is 3.64.